The number of carbonyl (C=O) groups excluding carboxylic acids is 1. The van der Waals surface area contributed by atoms with Crippen LogP contribution >= 0.6 is 0 Å². The van der Waals surface area contributed by atoms with Crippen molar-refractivity contribution in [1.29, 1.82) is 0 Å². The molecule has 0 saturated heterocycles. The van der Waals surface area contributed by atoms with Crippen molar-refractivity contribution in [3.8, 4) is 5.75 Å². The first-order valence-corrected chi connectivity index (χ1v) is 6.39. The van der Waals surface area contributed by atoms with E-state index in [2.05, 4.69) is 5.32 Å². The van der Waals surface area contributed by atoms with Crippen LogP contribution in [0.3, 0.4) is 0 Å². The quantitative estimate of drug-likeness (QED) is 0.798. The van der Waals surface area contributed by atoms with Crippen LogP contribution in [0.1, 0.15) is 27.6 Å². The number of phenols is 1. The summed E-state index contributed by atoms with van der Waals surface area (Å²) in [6, 6.07) is 13.9. The van der Waals surface area contributed by atoms with Gasteiger partial charge in [-0.1, -0.05) is 36.4 Å². The van der Waals surface area contributed by atoms with Gasteiger partial charge in [0.15, 0.2) is 0 Å². The minimum Gasteiger partial charge on any atom is -0.508 e. The van der Waals surface area contributed by atoms with Gasteiger partial charge in [-0.3, -0.25) is 4.79 Å². The van der Waals surface area contributed by atoms with Gasteiger partial charge in [0.25, 0.3) is 5.91 Å². The van der Waals surface area contributed by atoms with Gasteiger partial charge >= 0.3 is 0 Å². The topological polar surface area (TPSA) is 69.6 Å². The Balaban J connectivity index is 2.01. The fraction of sp³-hybridized carbons (Fsp3) is 0.188. The molecule has 0 radical (unpaired) electrons. The molecule has 0 fully saturated rings. The van der Waals surface area contributed by atoms with Crippen LogP contribution in [0.2, 0.25) is 0 Å². The third-order valence-corrected chi connectivity index (χ3v) is 3.19. The molecule has 2 aromatic rings. The number of hydrogen-bond donors (Lipinski definition) is 3. The Morgan fingerprint density at radius 3 is 2.55 bits per heavy atom. The van der Waals surface area contributed by atoms with E-state index in [0.717, 1.165) is 5.56 Å². The van der Waals surface area contributed by atoms with E-state index in [0.29, 0.717) is 11.1 Å². The Labute approximate surface area is 117 Å². The van der Waals surface area contributed by atoms with Crippen molar-refractivity contribution in [3.63, 3.8) is 0 Å². The maximum atomic E-state index is 12.0. The largest absolute Gasteiger partial charge is 0.508 e. The summed E-state index contributed by atoms with van der Waals surface area (Å²) >= 11 is 0. The van der Waals surface area contributed by atoms with E-state index in [1.807, 2.05) is 18.2 Å². The van der Waals surface area contributed by atoms with E-state index in [9.17, 15) is 15.0 Å². The summed E-state index contributed by atoms with van der Waals surface area (Å²) in [5, 5.41) is 22.2. The molecule has 3 N–H and O–H groups in total. The summed E-state index contributed by atoms with van der Waals surface area (Å²) in [5.41, 5.74) is 1.69. The third kappa shape index (κ3) is 3.16. The van der Waals surface area contributed by atoms with Crippen molar-refractivity contribution in [2.75, 3.05) is 6.54 Å². The average molecular weight is 271 g/mol. The first-order valence-electron chi connectivity index (χ1n) is 6.39. The molecule has 0 aromatic heterocycles. The predicted octanol–water partition coefficient (Wildman–Crippen LogP) is 2.16. The van der Waals surface area contributed by atoms with Crippen molar-refractivity contribution >= 4 is 5.91 Å². The van der Waals surface area contributed by atoms with Gasteiger partial charge < -0.3 is 15.5 Å². The molecular weight excluding hydrogens is 254 g/mol. The van der Waals surface area contributed by atoms with Crippen LogP contribution in [0.4, 0.5) is 0 Å². The lowest BCUT2D eigenvalue weighted by molar-refractivity contribution is 0.0915. The van der Waals surface area contributed by atoms with Gasteiger partial charge in [-0.15, -0.1) is 0 Å². The molecule has 2 rings (SSSR count). The average Bonchev–Trinajstić information content (AvgIpc) is 2.48. The van der Waals surface area contributed by atoms with Crippen LogP contribution in [0.5, 0.6) is 5.75 Å². The van der Waals surface area contributed by atoms with Crippen molar-refractivity contribution < 1.29 is 15.0 Å². The molecule has 0 heterocycles. The first-order chi connectivity index (χ1) is 9.59. The molecule has 104 valence electrons. The molecule has 2 aromatic carbocycles. The number of nitrogens with one attached hydrogen (secondary N) is 1. The van der Waals surface area contributed by atoms with Crippen molar-refractivity contribution in [1.82, 2.24) is 5.32 Å². The Morgan fingerprint density at radius 2 is 1.85 bits per heavy atom. The molecule has 0 saturated carbocycles. The number of benzene rings is 2. The fourth-order valence-corrected chi connectivity index (χ4v) is 1.95. The second kappa shape index (κ2) is 6.21. The summed E-state index contributed by atoms with van der Waals surface area (Å²) in [5.74, 6) is -0.227. The van der Waals surface area contributed by atoms with Crippen LogP contribution in [-0.4, -0.2) is 22.7 Å². The second-order valence-electron chi connectivity index (χ2n) is 4.59. The number of aliphatic hydroxyl groups excluding tert-OH is 1. The van der Waals surface area contributed by atoms with E-state index in [1.165, 1.54) is 6.07 Å². The monoisotopic (exact) mass is 271 g/mol. The van der Waals surface area contributed by atoms with E-state index in [4.69, 9.17) is 0 Å². The molecule has 0 aliphatic heterocycles. The summed E-state index contributed by atoms with van der Waals surface area (Å²) < 4.78 is 0. The number of rotatable bonds is 4. The number of hydrogen-bond acceptors (Lipinski definition) is 3. The van der Waals surface area contributed by atoms with Crippen molar-refractivity contribution in [2.24, 2.45) is 0 Å². The molecule has 1 atom stereocenters. The number of aliphatic hydroxyl groups is 1. The number of amides is 1. The molecular formula is C16H17NO3. The van der Waals surface area contributed by atoms with Crippen LogP contribution in [0.25, 0.3) is 0 Å². The Kier molecular flexibility index (Phi) is 4.38. The van der Waals surface area contributed by atoms with E-state index >= 15 is 0 Å². The van der Waals surface area contributed by atoms with Gasteiger partial charge in [-0.2, -0.15) is 0 Å². The molecule has 1 unspecified atom stereocenters. The number of phenolic OH excluding ortho intramolecular Hbond substituents is 1. The van der Waals surface area contributed by atoms with Gasteiger partial charge in [0.1, 0.15) is 5.75 Å². The van der Waals surface area contributed by atoms with Crippen LogP contribution < -0.4 is 5.32 Å². The lowest BCUT2D eigenvalue weighted by Gasteiger charge is -2.13. The standard InChI is InChI=1S/C16H17NO3/c1-11-13(8-5-9-14(11)18)16(20)17-10-15(19)12-6-3-2-4-7-12/h2-9,15,18-19H,10H2,1H3,(H,17,20). The second-order valence-corrected chi connectivity index (χ2v) is 4.59. The van der Waals surface area contributed by atoms with E-state index < -0.39 is 6.10 Å². The fourth-order valence-electron chi connectivity index (χ4n) is 1.95. The summed E-state index contributed by atoms with van der Waals surface area (Å²) in [6.45, 7) is 1.80. The SMILES string of the molecule is Cc1c(O)cccc1C(=O)NCC(O)c1ccccc1. The smallest absolute Gasteiger partial charge is 0.251 e. The number of aromatic hydroxyl groups is 1. The lowest BCUT2D eigenvalue weighted by atomic mass is 10.1. The maximum absolute atomic E-state index is 12.0. The number of carbonyl (C=O) groups is 1. The molecule has 0 bridgehead atoms. The lowest BCUT2D eigenvalue weighted by Crippen LogP contribution is -2.28. The van der Waals surface area contributed by atoms with Gasteiger partial charge in [0.2, 0.25) is 0 Å². The molecule has 1 amide bonds. The Bertz CT molecular complexity index is 596. The van der Waals surface area contributed by atoms with E-state index in [1.54, 1.807) is 31.2 Å². The maximum Gasteiger partial charge on any atom is 0.251 e. The highest BCUT2D eigenvalue weighted by Gasteiger charge is 2.13. The molecule has 0 spiro atoms. The molecule has 4 heteroatoms. The van der Waals surface area contributed by atoms with E-state index in [-0.39, 0.29) is 18.2 Å². The van der Waals surface area contributed by atoms with Gasteiger partial charge in [-0.25, -0.2) is 0 Å². The molecule has 0 aliphatic rings. The van der Waals surface area contributed by atoms with Gasteiger partial charge in [0, 0.05) is 17.7 Å². The molecule has 4 nitrogen and oxygen atoms in total. The first kappa shape index (κ1) is 14.1. The van der Waals surface area contributed by atoms with Crippen LogP contribution in [0.15, 0.2) is 48.5 Å². The zero-order valence-electron chi connectivity index (χ0n) is 11.2. The zero-order valence-corrected chi connectivity index (χ0v) is 11.2. The normalized spacial score (nSPS) is 11.9. The summed E-state index contributed by atoms with van der Waals surface area (Å²) in [6.07, 6.45) is -0.752. The highest BCUT2D eigenvalue weighted by Crippen LogP contribution is 2.19. The molecule has 0 aliphatic carbocycles. The molecule has 20 heavy (non-hydrogen) atoms. The third-order valence-electron chi connectivity index (χ3n) is 3.19. The zero-order chi connectivity index (χ0) is 14.5. The predicted molar refractivity (Wildman–Crippen MR) is 76.6 cm³/mol. The highest BCUT2D eigenvalue weighted by molar-refractivity contribution is 5.96. The minimum atomic E-state index is -0.752. The summed E-state index contributed by atoms with van der Waals surface area (Å²) in [7, 11) is 0. The Hall–Kier alpha value is -2.33. The van der Waals surface area contributed by atoms with Crippen LogP contribution in [0, 0.1) is 6.92 Å². The highest BCUT2D eigenvalue weighted by atomic mass is 16.3. The van der Waals surface area contributed by atoms with Gasteiger partial charge in [-0.05, 0) is 24.6 Å². The Morgan fingerprint density at radius 1 is 1.15 bits per heavy atom. The van der Waals surface area contributed by atoms with Gasteiger partial charge in [0.05, 0.1) is 6.10 Å². The van der Waals surface area contributed by atoms with Crippen LogP contribution in [-0.2, 0) is 0 Å². The van der Waals surface area contributed by atoms with Crippen molar-refractivity contribution in [2.45, 2.75) is 13.0 Å². The van der Waals surface area contributed by atoms with Crippen molar-refractivity contribution in [3.05, 3.63) is 65.2 Å². The summed E-state index contributed by atoms with van der Waals surface area (Å²) in [4.78, 5) is 12.0. The minimum absolute atomic E-state index is 0.0845.